The van der Waals surface area contributed by atoms with E-state index < -0.39 is 0 Å². The van der Waals surface area contributed by atoms with E-state index in [-0.39, 0.29) is 5.91 Å². The molecule has 4 rings (SSSR count). The Kier molecular flexibility index (Phi) is 5.99. The summed E-state index contributed by atoms with van der Waals surface area (Å²) in [5.74, 6) is 0.0508. The highest BCUT2D eigenvalue weighted by Crippen LogP contribution is 2.29. The lowest BCUT2D eigenvalue weighted by molar-refractivity contribution is 0.0975. The SMILES string of the molecule is CCCCn1c(C(=O)N(Cc2ccccc2)c2ccccc2)c(C)c2ccccc21. The van der Waals surface area contributed by atoms with Crippen LogP contribution in [-0.2, 0) is 13.1 Å². The van der Waals surface area contributed by atoms with Crippen molar-refractivity contribution >= 4 is 22.5 Å². The maximum atomic E-state index is 14.0. The van der Waals surface area contributed by atoms with Crippen LogP contribution in [0.25, 0.3) is 10.9 Å². The number of anilines is 1. The van der Waals surface area contributed by atoms with Crippen LogP contribution in [0.15, 0.2) is 84.9 Å². The molecule has 1 heterocycles. The Morgan fingerprint density at radius 1 is 0.867 bits per heavy atom. The van der Waals surface area contributed by atoms with E-state index in [9.17, 15) is 4.79 Å². The number of carbonyl (C=O) groups is 1. The maximum absolute atomic E-state index is 14.0. The van der Waals surface area contributed by atoms with Crippen LogP contribution in [0.2, 0.25) is 0 Å². The average molecular weight is 397 g/mol. The quantitative estimate of drug-likeness (QED) is 0.346. The Balaban J connectivity index is 1.83. The molecule has 1 amide bonds. The van der Waals surface area contributed by atoms with Crippen LogP contribution in [0, 0.1) is 6.92 Å². The molecular formula is C27H28N2O. The van der Waals surface area contributed by atoms with Gasteiger partial charge in [0.1, 0.15) is 5.69 Å². The molecule has 3 nitrogen and oxygen atoms in total. The second-order valence-electron chi connectivity index (χ2n) is 7.71. The molecule has 3 heteroatoms. The molecule has 0 radical (unpaired) electrons. The third-order valence-corrected chi connectivity index (χ3v) is 5.66. The second kappa shape index (κ2) is 9.00. The monoisotopic (exact) mass is 396 g/mol. The molecule has 0 N–H and O–H groups in total. The first-order valence-corrected chi connectivity index (χ1v) is 10.7. The smallest absolute Gasteiger partial charge is 0.275 e. The zero-order chi connectivity index (χ0) is 20.9. The van der Waals surface area contributed by atoms with E-state index >= 15 is 0 Å². The fourth-order valence-electron chi connectivity index (χ4n) is 4.08. The number of carbonyl (C=O) groups excluding carboxylic acids is 1. The minimum absolute atomic E-state index is 0.0508. The first kappa shape index (κ1) is 20.0. The molecular weight excluding hydrogens is 368 g/mol. The molecule has 1 aromatic heterocycles. The van der Waals surface area contributed by atoms with Crippen LogP contribution in [-0.4, -0.2) is 10.5 Å². The molecule has 30 heavy (non-hydrogen) atoms. The molecule has 0 bridgehead atoms. The van der Waals surface area contributed by atoms with E-state index in [1.165, 1.54) is 0 Å². The van der Waals surface area contributed by atoms with Gasteiger partial charge in [-0.3, -0.25) is 4.79 Å². The molecule has 0 atom stereocenters. The van der Waals surface area contributed by atoms with Gasteiger partial charge >= 0.3 is 0 Å². The number of aryl methyl sites for hydroxylation is 2. The molecule has 4 aromatic rings. The zero-order valence-electron chi connectivity index (χ0n) is 17.7. The molecule has 0 fully saturated rings. The van der Waals surface area contributed by atoms with Crippen LogP contribution in [0.3, 0.4) is 0 Å². The molecule has 0 unspecified atom stereocenters. The summed E-state index contributed by atoms with van der Waals surface area (Å²) in [6.07, 6.45) is 2.13. The number of benzene rings is 3. The molecule has 0 saturated heterocycles. The van der Waals surface area contributed by atoms with Gasteiger partial charge < -0.3 is 9.47 Å². The first-order chi connectivity index (χ1) is 14.7. The molecule has 0 aliphatic rings. The largest absolute Gasteiger partial charge is 0.336 e. The number of unbranched alkanes of at least 4 members (excludes halogenated alkanes) is 1. The summed E-state index contributed by atoms with van der Waals surface area (Å²) in [6, 6.07) is 28.5. The minimum Gasteiger partial charge on any atom is -0.336 e. The van der Waals surface area contributed by atoms with E-state index in [4.69, 9.17) is 0 Å². The second-order valence-corrected chi connectivity index (χ2v) is 7.71. The third kappa shape index (κ3) is 3.88. The molecule has 3 aromatic carbocycles. The number of fused-ring (bicyclic) bond motifs is 1. The van der Waals surface area contributed by atoms with E-state index in [2.05, 4.69) is 48.7 Å². The first-order valence-electron chi connectivity index (χ1n) is 10.7. The summed E-state index contributed by atoms with van der Waals surface area (Å²) >= 11 is 0. The molecule has 0 saturated carbocycles. The number of rotatable bonds is 7. The number of hydrogen-bond donors (Lipinski definition) is 0. The summed E-state index contributed by atoms with van der Waals surface area (Å²) in [7, 11) is 0. The van der Waals surface area contributed by atoms with Gasteiger partial charge in [-0.05, 0) is 42.7 Å². The van der Waals surface area contributed by atoms with Crippen LogP contribution in [0.5, 0.6) is 0 Å². The summed E-state index contributed by atoms with van der Waals surface area (Å²) < 4.78 is 2.22. The van der Waals surface area contributed by atoms with Crippen molar-refractivity contribution in [1.82, 2.24) is 4.57 Å². The normalized spacial score (nSPS) is 11.0. The molecule has 0 spiro atoms. The summed E-state index contributed by atoms with van der Waals surface area (Å²) in [6.45, 7) is 5.65. The van der Waals surface area contributed by atoms with E-state index in [0.717, 1.165) is 52.8 Å². The van der Waals surface area contributed by atoms with Crippen molar-refractivity contribution in [2.24, 2.45) is 0 Å². The Hall–Kier alpha value is -3.33. The Bertz CT molecular complexity index is 1130. The van der Waals surface area contributed by atoms with Crippen molar-refractivity contribution in [2.75, 3.05) is 4.90 Å². The van der Waals surface area contributed by atoms with Crippen LogP contribution in [0.4, 0.5) is 5.69 Å². The highest BCUT2D eigenvalue weighted by Gasteiger charge is 2.25. The van der Waals surface area contributed by atoms with Crippen molar-refractivity contribution in [1.29, 1.82) is 0 Å². The van der Waals surface area contributed by atoms with Crippen molar-refractivity contribution in [2.45, 2.75) is 39.8 Å². The summed E-state index contributed by atoms with van der Waals surface area (Å²) in [5.41, 5.74) is 5.02. The summed E-state index contributed by atoms with van der Waals surface area (Å²) in [5, 5.41) is 1.16. The van der Waals surface area contributed by atoms with Crippen LogP contribution >= 0.6 is 0 Å². The number of para-hydroxylation sites is 2. The number of aromatic nitrogens is 1. The van der Waals surface area contributed by atoms with Gasteiger partial charge in [-0.25, -0.2) is 0 Å². The molecule has 0 aliphatic carbocycles. The average Bonchev–Trinajstić information content (AvgIpc) is 3.08. The molecule has 152 valence electrons. The van der Waals surface area contributed by atoms with Gasteiger partial charge in [0.25, 0.3) is 5.91 Å². The van der Waals surface area contributed by atoms with E-state index in [0.29, 0.717) is 6.54 Å². The van der Waals surface area contributed by atoms with Gasteiger partial charge in [0.05, 0.1) is 6.54 Å². The van der Waals surface area contributed by atoms with Gasteiger partial charge in [-0.15, -0.1) is 0 Å². The fraction of sp³-hybridized carbons (Fsp3) is 0.222. The standard InChI is InChI=1S/C27H28N2O/c1-3-4-19-28-25-18-12-11-17-24(25)21(2)26(28)27(30)29(23-15-9-6-10-16-23)20-22-13-7-5-8-14-22/h5-18H,3-4,19-20H2,1-2H3. The molecule has 0 aliphatic heterocycles. The third-order valence-electron chi connectivity index (χ3n) is 5.66. The lowest BCUT2D eigenvalue weighted by Crippen LogP contribution is -2.32. The predicted octanol–water partition coefficient (Wildman–Crippen LogP) is 6.60. The maximum Gasteiger partial charge on any atom is 0.275 e. The lowest BCUT2D eigenvalue weighted by Gasteiger charge is -2.24. The van der Waals surface area contributed by atoms with Crippen LogP contribution in [0.1, 0.15) is 41.4 Å². The number of amides is 1. The zero-order valence-corrected chi connectivity index (χ0v) is 17.7. The van der Waals surface area contributed by atoms with Gasteiger partial charge in [-0.2, -0.15) is 0 Å². The fourth-order valence-corrected chi connectivity index (χ4v) is 4.08. The van der Waals surface area contributed by atoms with Crippen molar-refractivity contribution in [3.63, 3.8) is 0 Å². The highest BCUT2D eigenvalue weighted by molar-refractivity contribution is 6.09. The Morgan fingerprint density at radius 2 is 1.50 bits per heavy atom. The predicted molar refractivity (Wildman–Crippen MR) is 125 cm³/mol. The number of nitrogens with zero attached hydrogens (tertiary/aromatic N) is 2. The van der Waals surface area contributed by atoms with Gasteiger partial charge in [0.15, 0.2) is 0 Å². The lowest BCUT2D eigenvalue weighted by atomic mass is 10.1. The number of hydrogen-bond acceptors (Lipinski definition) is 1. The van der Waals surface area contributed by atoms with Crippen molar-refractivity contribution in [3.8, 4) is 0 Å². The van der Waals surface area contributed by atoms with Gasteiger partial charge in [-0.1, -0.05) is 80.1 Å². The van der Waals surface area contributed by atoms with E-state index in [1.807, 2.05) is 59.5 Å². The topological polar surface area (TPSA) is 25.2 Å². The van der Waals surface area contributed by atoms with Gasteiger partial charge in [0.2, 0.25) is 0 Å². The van der Waals surface area contributed by atoms with Crippen LogP contribution < -0.4 is 4.90 Å². The highest BCUT2D eigenvalue weighted by atomic mass is 16.2. The Morgan fingerprint density at radius 3 is 2.20 bits per heavy atom. The minimum atomic E-state index is 0.0508. The van der Waals surface area contributed by atoms with Crippen molar-refractivity contribution < 1.29 is 4.79 Å². The Labute approximate surface area is 178 Å². The summed E-state index contributed by atoms with van der Waals surface area (Å²) in [4.78, 5) is 15.9. The van der Waals surface area contributed by atoms with E-state index in [1.54, 1.807) is 0 Å². The van der Waals surface area contributed by atoms with Crippen molar-refractivity contribution in [3.05, 3.63) is 102 Å². The van der Waals surface area contributed by atoms with Gasteiger partial charge in [0, 0.05) is 23.1 Å².